The van der Waals surface area contributed by atoms with Gasteiger partial charge in [0.05, 0.1) is 10.6 Å². The van der Waals surface area contributed by atoms with E-state index in [1.165, 1.54) is 43.1 Å². The van der Waals surface area contributed by atoms with E-state index in [0.717, 1.165) is 36.1 Å². The fourth-order valence-corrected chi connectivity index (χ4v) is 4.94. The van der Waals surface area contributed by atoms with Crippen LogP contribution < -0.4 is 4.31 Å². The second-order valence-electron chi connectivity index (χ2n) is 7.88. The highest BCUT2D eigenvalue weighted by Gasteiger charge is 2.25. The van der Waals surface area contributed by atoms with Crippen LogP contribution in [0.1, 0.15) is 16.1 Å². The Morgan fingerprint density at radius 3 is 2.33 bits per heavy atom. The number of carbonyl (C=O) groups excluding carboxylic acids is 1. The van der Waals surface area contributed by atoms with Crippen LogP contribution in [0.25, 0.3) is 0 Å². The molecule has 4 rings (SSSR count). The molecule has 1 amide bonds. The molecular formula is C24H25FN4O3S. The van der Waals surface area contributed by atoms with Crippen LogP contribution in [0.15, 0.2) is 77.8 Å². The molecule has 1 fully saturated rings. The number of amides is 1. The maximum atomic E-state index is 13.2. The van der Waals surface area contributed by atoms with Gasteiger partial charge in [0.2, 0.25) is 0 Å². The number of anilines is 1. The summed E-state index contributed by atoms with van der Waals surface area (Å²) in [5, 5.41) is 0. The van der Waals surface area contributed by atoms with Crippen molar-refractivity contribution >= 4 is 21.6 Å². The van der Waals surface area contributed by atoms with Crippen molar-refractivity contribution < 1.29 is 17.6 Å². The predicted molar refractivity (Wildman–Crippen MR) is 124 cm³/mol. The molecule has 33 heavy (non-hydrogen) atoms. The summed E-state index contributed by atoms with van der Waals surface area (Å²) in [6.45, 7) is 3.48. The third-order valence-electron chi connectivity index (χ3n) is 5.71. The van der Waals surface area contributed by atoms with Crippen molar-refractivity contribution in [3.8, 4) is 0 Å². The number of carbonyl (C=O) groups is 1. The fourth-order valence-electron chi connectivity index (χ4n) is 3.75. The second kappa shape index (κ2) is 9.68. The maximum Gasteiger partial charge on any atom is 0.272 e. The number of sulfonamides is 1. The first-order valence-electron chi connectivity index (χ1n) is 10.6. The van der Waals surface area contributed by atoms with Gasteiger partial charge in [0, 0.05) is 46.0 Å². The molecule has 0 aliphatic carbocycles. The quantitative estimate of drug-likeness (QED) is 0.556. The van der Waals surface area contributed by atoms with Gasteiger partial charge in [0.15, 0.2) is 0 Å². The summed E-state index contributed by atoms with van der Waals surface area (Å²) in [6, 6.07) is 17.8. The number of pyridine rings is 1. The van der Waals surface area contributed by atoms with E-state index in [0.29, 0.717) is 18.8 Å². The molecule has 1 saturated heterocycles. The number of benzene rings is 2. The van der Waals surface area contributed by atoms with Gasteiger partial charge in [-0.15, -0.1) is 0 Å². The Bertz CT molecular complexity index is 1210. The number of piperazine rings is 1. The molecule has 172 valence electrons. The summed E-state index contributed by atoms with van der Waals surface area (Å²) in [5.74, 6) is -0.749. The van der Waals surface area contributed by atoms with Crippen LogP contribution >= 0.6 is 0 Å². The second-order valence-corrected chi connectivity index (χ2v) is 9.85. The van der Waals surface area contributed by atoms with Gasteiger partial charge in [0.1, 0.15) is 11.5 Å². The van der Waals surface area contributed by atoms with E-state index in [4.69, 9.17) is 0 Å². The number of rotatable bonds is 6. The van der Waals surface area contributed by atoms with Gasteiger partial charge in [-0.25, -0.2) is 12.8 Å². The summed E-state index contributed by atoms with van der Waals surface area (Å²) in [4.78, 5) is 21.2. The summed E-state index contributed by atoms with van der Waals surface area (Å²) in [7, 11) is -2.51. The molecule has 0 N–H and O–H groups in total. The minimum atomic E-state index is -3.91. The summed E-state index contributed by atoms with van der Waals surface area (Å²) >= 11 is 0. The Kier molecular flexibility index (Phi) is 6.71. The molecule has 2 heterocycles. The molecule has 1 aliphatic rings. The lowest BCUT2D eigenvalue weighted by molar-refractivity contribution is 0.0623. The van der Waals surface area contributed by atoms with Crippen molar-refractivity contribution in [1.29, 1.82) is 0 Å². The standard InChI is InChI=1S/C24H25FN4O3S/c1-27(33(31,32)22-9-7-20(25)8-10-22)21-11-12-26-23(17-21)24(30)29-15-13-28(14-16-29)18-19-5-3-2-4-6-19/h2-12,17H,13-16,18H2,1H3. The van der Waals surface area contributed by atoms with E-state index in [9.17, 15) is 17.6 Å². The normalized spacial score (nSPS) is 14.8. The average Bonchev–Trinajstić information content (AvgIpc) is 2.84. The van der Waals surface area contributed by atoms with Crippen LogP contribution in [0.3, 0.4) is 0 Å². The minimum absolute atomic E-state index is 0.0365. The molecule has 0 atom stereocenters. The van der Waals surface area contributed by atoms with Gasteiger partial charge in [-0.05, 0) is 42.0 Å². The van der Waals surface area contributed by atoms with Gasteiger partial charge in [-0.3, -0.25) is 19.0 Å². The van der Waals surface area contributed by atoms with Crippen molar-refractivity contribution in [1.82, 2.24) is 14.8 Å². The zero-order valence-corrected chi connectivity index (χ0v) is 19.1. The molecule has 0 unspecified atom stereocenters. The Labute approximate surface area is 193 Å². The molecular weight excluding hydrogens is 443 g/mol. The van der Waals surface area contributed by atoms with Crippen LogP contribution in [-0.4, -0.2) is 62.3 Å². The first-order valence-corrected chi connectivity index (χ1v) is 12.0. The molecule has 0 bridgehead atoms. The van der Waals surface area contributed by atoms with Crippen molar-refractivity contribution in [2.45, 2.75) is 11.4 Å². The summed E-state index contributed by atoms with van der Waals surface area (Å²) < 4.78 is 40.0. The zero-order chi connectivity index (χ0) is 23.4. The molecule has 1 aromatic heterocycles. The van der Waals surface area contributed by atoms with Crippen molar-refractivity contribution in [2.24, 2.45) is 0 Å². The molecule has 9 heteroatoms. The highest BCUT2D eigenvalue weighted by molar-refractivity contribution is 7.92. The van der Waals surface area contributed by atoms with Crippen LogP contribution in [0.5, 0.6) is 0 Å². The molecule has 0 radical (unpaired) electrons. The lowest BCUT2D eigenvalue weighted by atomic mass is 10.2. The largest absolute Gasteiger partial charge is 0.335 e. The SMILES string of the molecule is CN(c1ccnc(C(=O)N2CCN(Cc3ccccc3)CC2)c1)S(=O)(=O)c1ccc(F)cc1. The maximum absolute atomic E-state index is 13.2. The number of hydrogen-bond donors (Lipinski definition) is 0. The van der Waals surface area contributed by atoms with Crippen molar-refractivity contribution in [3.05, 3.63) is 90.0 Å². The Morgan fingerprint density at radius 2 is 1.67 bits per heavy atom. The van der Waals surface area contributed by atoms with Gasteiger partial charge in [-0.1, -0.05) is 30.3 Å². The summed E-state index contributed by atoms with van der Waals surface area (Å²) in [5.41, 5.74) is 1.72. The van der Waals surface area contributed by atoms with E-state index in [1.807, 2.05) is 18.2 Å². The van der Waals surface area contributed by atoms with E-state index in [1.54, 1.807) is 4.90 Å². The number of halogens is 1. The average molecular weight is 469 g/mol. The summed E-state index contributed by atoms with van der Waals surface area (Å²) in [6.07, 6.45) is 1.42. The zero-order valence-electron chi connectivity index (χ0n) is 18.3. The van der Waals surface area contributed by atoms with E-state index >= 15 is 0 Å². The Hall–Kier alpha value is -3.30. The van der Waals surface area contributed by atoms with Gasteiger partial charge in [-0.2, -0.15) is 0 Å². The van der Waals surface area contributed by atoms with Gasteiger partial charge in [0.25, 0.3) is 15.9 Å². The molecule has 1 aliphatic heterocycles. The lowest BCUT2D eigenvalue weighted by Gasteiger charge is -2.34. The number of aromatic nitrogens is 1. The van der Waals surface area contributed by atoms with Crippen molar-refractivity contribution in [3.63, 3.8) is 0 Å². The molecule has 0 spiro atoms. The number of nitrogens with zero attached hydrogens (tertiary/aromatic N) is 4. The van der Waals surface area contributed by atoms with Crippen molar-refractivity contribution in [2.75, 3.05) is 37.5 Å². The molecule has 3 aromatic rings. The molecule has 7 nitrogen and oxygen atoms in total. The highest BCUT2D eigenvalue weighted by atomic mass is 32.2. The van der Waals surface area contributed by atoms with Gasteiger partial charge >= 0.3 is 0 Å². The topological polar surface area (TPSA) is 73.8 Å². The van der Waals surface area contributed by atoms with Crippen LogP contribution in [0.2, 0.25) is 0 Å². The first kappa shape index (κ1) is 22.9. The first-order chi connectivity index (χ1) is 15.8. The third-order valence-corrected chi connectivity index (χ3v) is 7.51. The fraction of sp³-hybridized carbons (Fsp3) is 0.250. The third kappa shape index (κ3) is 5.20. The molecule has 0 saturated carbocycles. The lowest BCUT2D eigenvalue weighted by Crippen LogP contribution is -2.48. The monoisotopic (exact) mass is 468 g/mol. The minimum Gasteiger partial charge on any atom is -0.335 e. The highest BCUT2D eigenvalue weighted by Crippen LogP contribution is 2.23. The van der Waals surface area contributed by atoms with Crippen LogP contribution in [0, 0.1) is 5.82 Å². The Balaban J connectivity index is 1.43. The van der Waals surface area contributed by atoms with E-state index < -0.39 is 15.8 Å². The predicted octanol–water partition coefficient (Wildman–Crippen LogP) is 3.00. The smallest absolute Gasteiger partial charge is 0.272 e. The number of hydrogen-bond acceptors (Lipinski definition) is 5. The van der Waals surface area contributed by atoms with Crippen LogP contribution in [-0.2, 0) is 16.6 Å². The van der Waals surface area contributed by atoms with E-state index in [-0.39, 0.29) is 16.5 Å². The van der Waals surface area contributed by atoms with E-state index in [2.05, 4.69) is 22.0 Å². The van der Waals surface area contributed by atoms with Crippen LogP contribution in [0.4, 0.5) is 10.1 Å². The Morgan fingerprint density at radius 1 is 1.00 bits per heavy atom. The molecule has 2 aromatic carbocycles. The van der Waals surface area contributed by atoms with Gasteiger partial charge < -0.3 is 4.90 Å².